The quantitative estimate of drug-likeness (QED) is 0.625. The van der Waals surface area contributed by atoms with Gasteiger partial charge in [-0.1, -0.05) is 72.7 Å². The van der Waals surface area contributed by atoms with Gasteiger partial charge in [-0.25, -0.2) is 0 Å². The molecule has 0 aliphatic rings. The Balaban J connectivity index is 2.46. The molecule has 0 saturated heterocycles. The Bertz CT molecular complexity index is 644. The Morgan fingerprint density at radius 3 is 2.14 bits per heavy atom. The van der Waals surface area contributed by atoms with Gasteiger partial charge in [0.2, 0.25) is 0 Å². The van der Waals surface area contributed by atoms with Gasteiger partial charge in [-0.3, -0.25) is 0 Å². The SMILES string of the molecule is [2H]c1ccc(/C=C\c2c([2H])c([2H])c([2H])c([2H])c2[2H])cc1. The Labute approximate surface area is 93.0 Å². The maximum atomic E-state index is 7.78. The summed E-state index contributed by atoms with van der Waals surface area (Å²) in [6, 6.07) is 5.60. The molecule has 0 amide bonds. The van der Waals surface area contributed by atoms with Crippen molar-refractivity contribution < 1.29 is 8.22 Å². The van der Waals surface area contributed by atoms with Gasteiger partial charge in [0.15, 0.2) is 0 Å². The molecule has 0 bridgehead atoms. The smallest absolute Gasteiger partial charge is 0.0622 e. The standard InChI is InChI=1S/C14H12/c1-3-7-13(8-4-1)11-12-14-9-5-2-6-10-14/h1-12H/b12-11-/i1D,2D,3D,4D,7D,8D. The fraction of sp³-hybridized carbons (Fsp3) is 0. The zero-order valence-electron chi connectivity index (χ0n) is 13.5. The Hall–Kier alpha value is -1.82. The lowest BCUT2D eigenvalue weighted by molar-refractivity contribution is 1.65. The largest absolute Gasteiger partial charge is 0.0629 e. The third kappa shape index (κ3) is 2.33. The van der Waals surface area contributed by atoms with Crippen molar-refractivity contribution in [3.05, 3.63) is 71.6 Å². The van der Waals surface area contributed by atoms with Crippen molar-refractivity contribution in [1.29, 1.82) is 0 Å². The van der Waals surface area contributed by atoms with E-state index < -0.39 is 6.04 Å². The monoisotopic (exact) mass is 186 g/mol. The van der Waals surface area contributed by atoms with Crippen molar-refractivity contribution in [3.63, 3.8) is 0 Å². The molecule has 0 aliphatic carbocycles. The fourth-order valence-electron chi connectivity index (χ4n) is 1.03. The highest BCUT2D eigenvalue weighted by Gasteiger charge is 1.84. The number of benzene rings is 2. The van der Waals surface area contributed by atoms with Gasteiger partial charge in [-0.15, -0.1) is 0 Å². The van der Waals surface area contributed by atoms with Crippen LogP contribution in [0.15, 0.2) is 60.5 Å². The molecule has 14 heavy (non-hydrogen) atoms. The Morgan fingerprint density at radius 1 is 0.786 bits per heavy atom. The molecule has 0 atom stereocenters. The van der Waals surface area contributed by atoms with Crippen LogP contribution in [0.5, 0.6) is 0 Å². The Morgan fingerprint density at radius 2 is 1.43 bits per heavy atom. The lowest BCUT2D eigenvalue weighted by Crippen LogP contribution is -1.70. The summed E-state index contributed by atoms with van der Waals surface area (Å²) >= 11 is 0. The van der Waals surface area contributed by atoms with Crippen LogP contribution in [-0.4, -0.2) is 0 Å². The average molecular weight is 186 g/mol. The summed E-state index contributed by atoms with van der Waals surface area (Å²) in [6.45, 7) is 0. The van der Waals surface area contributed by atoms with E-state index in [1.165, 1.54) is 6.08 Å². The third-order valence-corrected chi connectivity index (χ3v) is 1.71. The summed E-state index contributed by atoms with van der Waals surface area (Å²) in [5.41, 5.74) is 0.957. The minimum atomic E-state index is -0.393. The fourth-order valence-corrected chi connectivity index (χ4v) is 1.03. The molecule has 0 nitrogen and oxygen atoms in total. The summed E-state index contributed by atoms with van der Waals surface area (Å²) in [5, 5.41) is 0. The molecule has 2 aromatic rings. The molecule has 0 heterocycles. The van der Waals surface area contributed by atoms with Crippen LogP contribution in [0.4, 0.5) is 0 Å². The molecule has 0 saturated carbocycles. The van der Waals surface area contributed by atoms with Gasteiger partial charge in [0.25, 0.3) is 0 Å². The van der Waals surface area contributed by atoms with Gasteiger partial charge in [-0.2, -0.15) is 0 Å². The van der Waals surface area contributed by atoms with Crippen molar-refractivity contribution >= 4 is 12.2 Å². The van der Waals surface area contributed by atoms with Crippen molar-refractivity contribution in [2.45, 2.75) is 0 Å². The highest BCUT2D eigenvalue weighted by Crippen LogP contribution is 2.06. The Kier molecular flexibility index (Phi) is 1.31. The van der Waals surface area contributed by atoms with Crippen LogP contribution in [-0.2, 0) is 0 Å². The van der Waals surface area contributed by atoms with Crippen LogP contribution < -0.4 is 0 Å². The summed E-state index contributed by atoms with van der Waals surface area (Å²) < 4.78 is 45.6. The van der Waals surface area contributed by atoms with Crippen molar-refractivity contribution in [1.82, 2.24) is 0 Å². The minimum absolute atomic E-state index is 0.158. The first-order valence-electron chi connectivity index (χ1n) is 7.23. The van der Waals surface area contributed by atoms with Gasteiger partial charge in [0, 0.05) is 0 Å². The van der Waals surface area contributed by atoms with Crippen LogP contribution in [0, 0.1) is 0 Å². The molecule has 2 rings (SSSR count). The topological polar surface area (TPSA) is 0 Å². The normalized spacial score (nSPS) is 16.6. The highest BCUT2D eigenvalue weighted by molar-refractivity contribution is 5.69. The van der Waals surface area contributed by atoms with E-state index in [1.807, 2.05) is 0 Å². The van der Waals surface area contributed by atoms with Crippen molar-refractivity contribution in [2.75, 3.05) is 0 Å². The van der Waals surface area contributed by atoms with Crippen LogP contribution in [0.25, 0.3) is 12.2 Å². The summed E-state index contributed by atoms with van der Waals surface area (Å²) in [6.07, 6.45) is 3.16. The lowest BCUT2D eigenvalue weighted by atomic mass is 10.1. The zero-order chi connectivity index (χ0) is 14.9. The third-order valence-electron chi connectivity index (χ3n) is 1.71. The van der Waals surface area contributed by atoms with Gasteiger partial charge in [0.1, 0.15) is 0 Å². The van der Waals surface area contributed by atoms with E-state index in [-0.39, 0.29) is 29.7 Å². The van der Waals surface area contributed by atoms with Crippen LogP contribution in [0.2, 0.25) is 0 Å². The molecule has 0 unspecified atom stereocenters. The predicted molar refractivity (Wildman–Crippen MR) is 61.8 cm³/mol. The second kappa shape index (κ2) is 4.43. The lowest BCUT2D eigenvalue weighted by Gasteiger charge is -1.92. The summed E-state index contributed by atoms with van der Waals surface area (Å²) in [7, 11) is 0. The van der Waals surface area contributed by atoms with E-state index in [1.54, 1.807) is 30.3 Å². The van der Waals surface area contributed by atoms with E-state index in [0.717, 1.165) is 5.56 Å². The minimum Gasteiger partial charge on any atom is -0.0622 e. The zero-order valence-corrected chi connectivity index (χ0v) is 7.46. The molecule has 0 aromatic heterocycles. The van der Waals surface area contributed by atoms with Gasteiger partial charge in [-0.05, 0) is 11.1 Å². The molecule has 0 heteroatoms. The molecule has 68 valence electrons. The molecule has 0 spiro atoms. The second-order valence-electron chi connectivity index (χ2n) is 2.71. The molecular formula is C14H12. The van der Waals surface area contributed by atoms with E-state index >= 15 is 0 Å². The second-order valence-corrected chi connectivity index (χ2v) is 2.71. The van der Waals surface area contributed by atoms with E-state index in [9.17, 15) is 0 Å². The highest BCUT2D eigenvalue weighted by atomic mass is 13.9. The molecule has 0 radical (unpaired) electrons. The molecular weight excluding hydrogens is 168 g/mol. The van der Waals surface area contributed by atoms with Crippen LogP contribution in [0.3, 0.4) is 0 Å². The average Bonchev–Trinajstić information content (AvgIpc) is 2.45. The first-order chi connectivity index (χ1) is 9.41. The summed E-state index contributed by atoms with van der Waals surface area (Å²) in [5.74, 6) is 0. The molecule has 0 fully saturated rings. The van der Waals surface area contributed by atoms with Crippen molar-refractivity contribution in [2.24, 2.45) is 0 Å². The molecule has 2 aromatic carbocycles. The first-order valence-corrected chi connectivity index (χ1v) is 4.23. The van der Waals surface area contributed by atoms with Crippen molar-refractivity contribution in [3.8, 4) is 0 Å². The predicted octanol–water partition coefficient (Wildman–Crippen LogP) is 3.86. The van der Waals surface area contributed by atoms with Crippen LogP contribution in [0.1, 0.15) is 19.4 Å². The molecule has 0 aliphatic heterocycles. The van der Waals surface area contributed by atoms with Crippen LogP contribution >= 0.6 is 0 Å². The van der Waals surface area contributed by atoms with Gasteiger partial charge < -0.3 is 0 Å². The van der Waals surface area contributed by atoms with E-state index in [2.05, 4.69) is 0 Å². The first kappa shape index (κ1) is 4.14. The van der Waals surface area contributed by atoms with E-state index in [0.29, 0.717) is 6.04 Å². The summed E-state index contributed by atoms with van der Waals surface area (Å²) in [4.78, 5) is 0. The van der Waals surface area contributed by atoms with Gasteiger partial charge in [0.05, 0.1) is 8.22 Å². The van der Waals surface area contributed by atoms with Gasteiger partial charge >= 0.3 is 0 Å². The number of hydrogen-bond donors (Lipinski definition) is 0. The molecule has 0 N–H and O–H groups in total. The van der Waals surface area contributed by atoms with E-state index in [4.69, 9.17) is 8.22 Å². The maximum Gasteiger partial charge on any atom is 0.0629 e. The maximum absolute atomic E-state index is 7.78. The number of rotatable bonds is 2. The number of hydrogen-bond acceptors (Lipinski definition) is 0.